The molecular weight excluding hydrogens is 673 g/mol. The maximum atomic E-state index is 6.92. The van der Waals surface area contributed by atoms with Crippen LogP contribution in [0.5, 0.6) is 11.5 Å². The van der Waals surface area contributed by atoms with E-state index < -0.39 is 0 Å². The van der Waals surface area contributed by atoms with Crippen molar-refractivity contribution >= 4 is 49.3 Å². The topological polar surface area (TPSA) is 44.3 Å². The molecule has 266 valence electrons. The number of hydrogen-bond donors (Lipinski definition) is 0. The van der Waals surface area contributed by atoms with Gasteiger partial charge in [-0.2, -0.15) is 0 Å². The summed E-state index contributed by atoms with van der Waals surface area (Å²) in [7, 11) is 0. The zero-order valence-electron chi connectivity index (χ0n) is 31.6. The highest BCUT2D eigenvalue weighted by atomic mass is 16.5. The van der Waals surface area contributed by atoms with Crippen molar-refractivity contribution < 1.29 is 4.74 Å². The summed E-state index contributed by atoms with van der Waals surface area (Å²) in [4.78, 5) is 10.4. The third-order valence-corrected chi connectivity index (χ3v) is 11.0. The molecule has 0 unspecified atom stereocenters. The smallest absolute Gasteiger partial charge is 0.146 e. The number of aryl methyl sites for hydroxylation is 2. The molecular formula is C50H40N4O. The minimum atomic E-state index is -0.122. The largest absolute Gasteiger partial charge is 0.457 e. The van der Waals surface area contributed by atoms with Crippen molar-refractivity contribution in [3.63, 3.8) is 0 Å². The second-order valence-corrected chi connectivity index (χ2v) is 15.6. The molecule has 10 aromatic rings. The van der Waals surface area contributed by atoms with Crippen molar-refractivity contribution in [1.82, 2.24) is 18.9 Å². The first-order valence-electron chi connectivity index (χ1n) is 18.9. The van der Waals surface area contributed by atoms with Crippen LogP contribution in [0.25, 0.3) is 77.5 Å². The highest BCUT2D eigenvalue weighted by Gasteiger charge is 2.24. The molecule has 0 saturated heterocycles. The summed E-state index contributed by atoms with van der Waals surface area (Å²) < 4.78 is 11.5. The van der Waals surface area contributed by atoms with Gasteiger partial charge in [0.15, 0.2) is 0 Å². The van der Waals surface area contributed by atoms with Crippen LogP contribution in [0.4, 0.5) is 0 Å². The van der Waals surface area contributed by atoms with E-state index in [1.807, 2.05) is 12.3 Å². The highest BCUT2D eigenvalue weighted by Crippen LogP contribution is 2.42. The first-order valence-corrected chi connectivity index (χ1v) is 18.9. The number of aromatic nitrogens is 4. The molecule has 0 spiro atoms. The fraction of sp³-hybridized carbons (Fsp3) is 0.120. The molecule has 6 aromatic carbocycles. The average molecular weight is 713 g/mol. The van der Waals surface area contributed by atoms with Crippen LogP contribution >= 0.6 is 0 Å². The van der Waals surface area contributed by atoms with Gasteiger partial charge < -0.3 is 4.74 Å². The summed E-state index contributed by atoms with van der Waals surface area (Å²) in [5.41, 5.74) is 12.9. The standard InChI is InChI=1S/C50H40N4O/c1-31-15-6-8-17-37(31)46-47(38-18-9-7-16-32(38)2)54-45-23-13-10-19-40(45)39-25-24-35(30-43(39)49(54)52-46)55-36-28-33(50(3,4)5)27-34(29-36)53-44-22-12-11-20-41(44)42-21-14-26-51-48(42)53/h6-30H,1-5H3. The molecule has 55 heavy (non-hydrogen) atoms. The summed E-state index contributed by atoms with van der Waals surface area (Å²) in [6, 6.07) is 51.5. The van der Waals surface area contributed by atoms with Gasteiger partial charge in [-0.3, -0.25) is 8.97 Å². The predicted molar refractivity (Wildman–Crippen MR) is 228 cm³/mol. The van der Waals surface area contributed by atoms with Gasteiger partial charge in [0, 0.05) is 44.9 Å². The minimum absolute atomic E-state index is 0.122. The number of nitrogens with zero attached hydrogens (tertiary/aromatic N) is 4. The Labute approximate surface area is 320 Å². The molecule has 0 atom stereocenters. The van der Waals surface area contributed by atoms with Gasteiger partial charge in [0.1, 0.15) is 22.8 Å². The number of imidazole rings is 1. The number of fused-ring (bicyclic) bond motifs is 9. The molecule has 0 N–H and O–H groups in total. The summed E-state index contributed by atoms with van der Waals surface area (Å²) in [6.45, 7) is 11.1. The Kier molecular flexibility index (Phi) is 7.43. The van der Waals surface area contributed by atoms with Crippen LogP contribution in [-0.4, -0.2) is 18.9 Å². The second-order valence-electron chi connectivity index (χ2n) is 15.6. The number of para-hydroxylation sites is 2. The van der Waals surface area contributed by atoms with E-state index in [0.717, 1.165) is 83.6 Å². The van der Waals surface area contributed by atoms with Crippen LogP contribution < -0.4 is 4.74 Å². The molecule has 0 radical (unpaired) electrons. The van der Waals surface area contributed by atoms with Crippen molar-refractivity contribution in [3.05, 3.63) is 168 Å². The Hall–Kier alpha value is -6.72. The van der Waals surface area contributed by atoms with Crippen LogP contribution in [0.2, 0.25) is 0 Å². The average Bonchev–Trinajstić information content (AvgIpc) is 3.75. The van der Waals surface area contributed by atoms with Gasteiger partial charge in [-0.05, 0) is 95.9 Å². The van der Waals surface area contributed by atoms with Crippen LogP contribution in [-0.2, 0) is 5.41 Å². The van der Waals surface area contributed by atoms with E-state index in [-0.39, 0.29) is 5.41 Å². The van der Waals surface area contributed by atoms with Gasteiger partial charge in [0.05, 0.1) is 28.1 Å². The SMILES string of the molecule is Cc1ccccc1-c1nc2c3cc(Oc4cc(-n5c6ccccc6c6cccnc65)cc(C(C)(C)C)c4)ccc3c3ccccc3n2c1-c1ccccc1C. The van der Waals surface area contributed by atoms with Gasteiger partial charge in [0.2, 0.25) is 0 Å². The summed E-state index contributed by atoms with van der Waals surface area (Å²) >= 11 is 0. The van der Waals surface area contributed by atoms with Gasteiger partial charge in [-0.15, -0.1) is 0 Å². The van der Waals surface area contributed by atoms with Crippen molar-refractivity contribution in [3.8, 4) is 39.7 Å². The van der Waals surface area contributed by atoms with Gasteiger partial charge in [0.25, 0.3) is 0 Å². The van der Waals surface area contributed by atoms with Gasteiger partial charge >= 0.3 is 0 Å². The summed E-state index contributed by atoms with van der Waals surface area (Å²) in [5.74, 6) is 1.52. The number of rotatable bonds is 5. The molecule has 5 nitrogen and oxygen atoms in total. The van der Waals surface area contributed by atoms with Crippen molar-refractivity contribution in [2.75, 3.05) is 0 Å². The monoisotopic (exact) mass is 712 g/mol. The van der Waals surface area contributed by atoms with Crippen LogP contribution in [0.15, 0.2) is 152 Å². The van der Waals surface area contributed by atoms with Crippen LogP contribution in [0, 0.1) is 13.8 Å². The predicted octanol–water partition coefficient (Wildman–Crippen LogP) is 13.2. The van der Waals surface area contributed by atoms with E-state index in [1.165, 1.54) is 22.1 Å². The van der Waals surface area contributed by atoms with Crippen molar-refractivity contribution in [2.24, 2.45) is 0 Å². The Morgan fingerprint density at radius 1 is 0.527 bits per heavy atom. The number of hydrogen-bond acceptors (Lipinski definition) is 3. The lowest BCUT2D eigenvalue weighted by atomic mass is 9.86. The zero-order valence-corrected chi connectivity index (χ0v) is 31.6. The molecule has 0 bridgehead atoms. The van der Waals surface area contributed by atoms with E-state index in [1.54, 1.807) is 0 Å². The van der Waals surface area contributed by atoms with E-state index >= 15 is 0 Å². The molecule has 0 fully saturated rings. The summed E-state index contributed by atoms with van der Waals surface area (Å²) in [5, 5.41) is 5.63. The molecule has 0 saturated carbocycles. The maximum Gasteiger partial charge on any atom is 0.146 e. The van der Waals surface area contributed by atoms with E-state index in [9.17, 15) is 0 Å². The van der Waals surface area contributed by atoms with Crippen LogP contribution in [0.1, 0.15) is 37.5 Å². The Morgan fingerprint density at radius 3 is 1.93 bits per heavy atom. The number of ether oxygens (including phenoxy) is 1. The quantitative estimate of drug-likeness (QED) is 0.167. The molecule has 0 aliphatic heterocycles. The lowest BCUT2D eigenvalue weighted by molar-refractivity contribution is 0.479. The fourth-order valence-electron chi connectivity index (χ4n) is 8.25. The Bertz CT molecular complexity index is 3090. The fourth-order valence-corrected chi connectivity index (χ4v) is 8.25. The Balaban J connectivity index is 1.21. The first-order chi connectivity index (χ1) is 26.7. The molecule has 4 heterocycles. The van der Waals surface area contributed by atoms with E-state index in [2.05, 4.69) is 183 Å². The van der Waals surface area contributed by atoms with Crippen molar-refractivity contribution in [2.45, 2.75) is 40.0 Å². The maximum absolute atomic E-state index is 6.92. The minimum Gasteiger partial charge on any atom is -0.457 e. The molecule has 0 aliphatic rings. The molecule has 0 amide bonds. The molecule has 10 rings (SSSR count). The van der Waals surface area contributed by atoms with Gasteiger partial charge in [-0.1, -0.05) is 106 Å². The van der Waals surface area contributed by atoms with E-state index in [4.69, 9.17) is 14.7 Å². The lowest BCUT2D eigenvalue weighted by Crippen LogP contribution is -2.12. The van der Waals surface area contributed by atoms with E-state index in [0.29, 0.717) is 0 Å². The normalized spacial score (nSPS) is 12.1. The van der Waals surface area contributed by atoms with Crippen LogP contribution in [0.3, 0.4) is 0 Å². The van der Waals surface area contributed by atoms with Gasteiger partial charge in [-0.25, -0.2) is 9.97 Å². The first kappa shape index (κ1) is 32.9. The Morgan fingerprint density at radius 2 is 1.18 bits per heavy atom. The summed E-state index contributed by atoms with van der Waals surface area (Å²) in [6.07, 6.45) is 1.87. The molecule has 5 heteroatoms. The second kappa shape index (κ2) is 12.4. The highest BCUT2D eigenvalue weighted by molar-refractivity contribution is 6.14. The number of benzene rings is 6. The third kappa shape index (κ3) is 5.30. The van der Waals surface area contributed by atoms with Crippen molar-refractivity contribution in [1.29, 1.82) is 0 Å². The molecule has 4 aromatic heterocycles. The third-order valence-electron chi connectivity index (χ3n) is 11.0. The lowest BCUT2D eigenvalue weighted by Gasteiger charge is -2.22. The molecule has 0 aliphatic carbocycles. The zero-order chi connectivity index (χ0) is 37.4. The number of pyridine rings is 2.